The Morgan fingerprint density at radius 2 is 1.95 bits per heavy atom. The van der Waals surface area contributed by atoms with Crippen molar-refractivity contribution in [1.29, 1.82) is 0 Å². The van der Waals surface area contributed by atoms with Gasteiger partial charge in [0, 0.05) is 12.1 Å². The Morgan fingerprint density at radius 3 is 2.55 bits per heavy atom. The van der Waals surface area contributed by atoms with Crippen molar-refractivity contribution in [3.63, 3.8) is 0 Å². The number of likely N-dealkylation sites (tertiary alicyclic amines) is 1. The largest absolute Gasteiger partial charge is 0.326 e. The summed E-state index contributed by atoms with van der Waals surface area (Å²) in [5, 5.41) is 0. The van der Waals surface area contributed by atoms with Gasteiger partial charge in [0.2, 0.25) is 0 Å². The first kappa shape index (κ1) is 15.5. The maximum absolute atomic E-state index is 6.41. The molecule has 0 aliphatic carbocycles. The van der Waals surface area contributed by atoms with E-state index in [1.807, 2.05) is 0 Å². The van der Waals surface area contributed by atoms with Crippen LogP contribution in [-0.2, 0) is 6.42 Å². The van der Waals surface area contributed by atoms with Crippen molar-refractivity contribution in [1.82, 2.24) is 4.90 Å². The van der Waals surface area contributed by atoms with E-state index in [0.717, 1.165) is 25.3 Å². The third kappa shape index (κ3) is 3.83. The fourth-order valence-electron chi connectivity index (χ4n) is 3.42. The van der Waals surface area contributed by atoms with E-state index in [1.54, 1.807) is 0 Å². The van der Waals surface area contributed by atoms with Crippen LogP contribution in [0.3, 0.4) is 0 Å². The first-order valence-electron chi connectivity index (χ1n) is 8.20. The van der Waals surface area contributed by atoms with Gasteiger partial charge in [-0.1, -0.05) is 45.0 Å². The fraction of sp³-hybridized carbons (Fsp3) is 0.667. The van der Waals surface area contributed by atoms with E-state index in [2.05, 4.69) is 49.9 Å². The molecule has 2 heteroatoms. The molecule has 0 spiro atoms. The van der Waals surface area contributed by atoms with Crippen LogP contribution >= 0.6 is 0 Å². The third-order valence-corrected chi connectivity index (χ3v) is 4.26. The molecule has 112 valence electrons. The van der Waals surface area contributed by atoms with Crippen LogP contribution in [0.4, 0.5) is 0 Å². The van der Waals surface area contributed by atoms with Crippen molar-refractivity contribution < 1.29 is 0 Å². The summed E-state index contributed by atoms with van der Waals surface area (Å²) in [6.07, 6.45) is 4.76. The van der Waals surface area contributed by atoms with Gasteiger partial charge in [-0.2, -0.15) is 0 Å². The summed E-state index contributed by atoms with van der Waals surface area (Å²) in [7, 11) is 0. The van der Waals surface area contributed by atoms with E-state index in [-0.39, 0.29) is 6.04 Å². The van der Waals surface area contributed by atoms with E-state index < -0.39 is 0 Å². The lowest BCUT2D eigenvalue weighted by molar-refractivity contribution is 0.128. The average Bonchev–Trinajstić information content (AvgIpc) is 2.40. The number of rotatable bonds is 5. The normalized spacial score (nSPS) is 24.2. The van der Waals surface area contributed by atoms with Crippen LogP contribution in [0.1, 0.15) is 57.2 Å². The van der Waals surface area contributed by atoms with Gasteiger partial charge in [-0.05, 0) is 55.8 Å². The number of hydrogen-bond donors (Lipinski definition) is 1. The molecular weight excluding hydrogens is 244 g/mol. The SMILES string of the molecule is CCCN1CCCC(N)C1c1ccc(CC(C)C)cc1. The van der Waals surface area contributed by atoms with Crippen molar-refractivity contribution >= 4 is 0 Å². The number of hydrogen-bond acceptors (Lipinski definition) is 2. The molecule has 0 bridgehead atoms. The van der Waals surface area contributed by atoms with Gasteiger partial charge in [0.15, 0.2) is 0 Å². The van der Waals surface area contributed by atoms with Crippen LogP contribution in [0.15, 0.2) is 24.3 Å². The lowest BCUT2D eigenvalue weighted by Crippen LogP contribution is -2.46. The Bertz CT molecular complexity index is 394. The van der Waals surface area contributed by atoms with Crippen molar-refractivity contribution in [3.05, 3.63) is 35.4 Å². The molecule has 0 amide bonds. The van der Waals surface area contributed by atoms with Gasteiger partial charge in [0.1, 0.15) is 0 Å². The Kier molecular flexibility index (Phi) is 5.62. The van der Waals surface area contributed by atoms with Crippen LogP contribution in [0, 0.1) is 5.92 Å². The topological polar surface area (TPSA) is 29.3 Å². The lowest BCUT2D eigenvalue weighted by Gasteiger charge is -2.40. The molecule has 2 rings (SSSR count). The molecule has 2 N–H and O–H groups in total. The molecule has 1 aromatic carbocycles. The minimum Gasteiger partial charge on any atom is -0.326 e. The molecule has 1 aromatic rings. The molecule has 2 nitrogen and oxygen atoms in total. The smallest absolute Gasteiger partial charge is 0.0499 e. The monoisotopic (exact) mass is 274 g/mol. The van der Waals surface area contributed by atoms with Crippen LogP contribution in [-0.4, -0.2) is 24.0 Å². The summed E-state index contributed by atoms with van der Waals surface area (Å²) in [6.45, 7) is 9.15. The number of nitrogens with two attached hydrogens (primary N) is 1. The van der Waals surface area contributed by atoms with Gasteiger partial charge in [-0.3, -0.25) is 4.90 Å². The Morgan fingerprint density at radius 1 is 1.25 bits per heavy atom. The van der Waals surface area contributed by atoms with Crippen LogP contribution < -0.4 is 5.73 Å². The van der Waals surface area contributed by atoms with Crippen LogP contribution in [0.25, 0.3) is 0 Å². The molecule has 0 aromatic heterocycles. The van der Waals surface area contributed by atoms with E-state index >= 15 is 0 Å². The van der Waals surface area contributed by atoms with E-state index in [4.69, 9.17) is 5.73 Å². The van der Waals surface area contributed by atoms with Crippen molar-refractivity contribution in [3.8, 4) is 0 Å². The predicted octanol–water partition coefficient (Wildman–Crippen LogP) is 3.76. The third-order valence-electron chi connectivity index (χ3n) is 4.26. The zero-order valence-corrected chi connectivity index (χ0v) is 13.3. The highest BCUT2D eigenvalue weighted by atomic mass is 15.2. The fourth-order valence-corrected chi connectivity index (χ4v) is 3.42. The summed E-state index contributed by atoms with van der Waals surface area (Å²) in [4.78, 5) is 2.58. The van der Waals surface area contributed by atoms with Crippen LogP contribution in [0.2, 0.25) is 0 Å². The molecule has 20 heavy (non-hydrogen) atoms. The maximum Gasteiger partial charge on any atom is 0.0499 e. The summed E-state index contributed by atoms with van der Waals surface area (Å²) < 4.78 is 0. The number of benzene rings is 1. The Labute approximate surface area is 124 Å². The lowest BCUT2D eigenvalue weighted by atomic mass is 9.89. The molecular formula is C18H30N2. The molecule has 1 fully saturated rings. The van der Waals surface area contributed by atoms with Gasteiger partial charge in [-0.15, -0.1) is 0 Å². The Hall–Kier alpha value is -0.860. The van der Waals surface area contributed by atoms with Gasteiger partial charge in [0.05, 0.1) is 0 Å². The second-order valence-corrected chi connectivity index (χ2v) is 6.63. The van der Waals surface area contributed by atoms with Gasteiger partial charge in [0.25, 0.3) is 0 Å². The summed E-state index contributed by atoms with van der Waals surface area (Å²) in [5.74, 6) is 0.717. The highest BCUT2D eigenvalue weighted by Gasteiger charge is 2.29. The molecule has 1 aliphatic heterocycles. The first-order valence-corrected chi connectivity index (χ1v) is 8.20. The first-order chi connectivity index (χ1) is 9.61. The van der Waals surface area contributed by atoms with Crippen molar-refractivity contribution in [2.75, 3.05) is 13.1 Å². The molecule has 2 unspecified atom stereocenters. The van der Waals surface area contributed by atoms with Crippen molar-refractivity contribution in [2.24, 2.45) is 11.7 Å². The molecule has 1 saturated heterocycles. The van der Waals surface area contributed by atoms with E-state index in [0.29, 0.717) is 6.04 Å². The Balaban J connectivity index is 2.14. The summed E-state index contributed by atoms with van der Waals surface area (Å²) >= 11 is 0. The van der Waals surface area contributed by atoms with Crippen LogP contribution in [0.5, 0.6) is 0 Å². The molecule has 2 atom stereocenters. The second-order valence-electron chi connectivity index (χ2n) is 6.63. The van der Waals surface area contributed by atoms with E-state index in [1.165, 1.54) is 30.5 Å². The highest BCUT2D eigenvalue weighted by Crippen LogP contribution is 2.30. The van der Waals surface area contributed by atoms with E-state index in [9.17, 15) is 0 Å². The molecule has 1 aliphatic rings. The highest BCUT2D eigenvalue weighted by molar-refractivity contribution is 5.27. The summed E-state index contributed by atoms with van der Waals surface area (Å²) in [6, 6.07) is 9.89. The van der Waals surface area contributed by atoms with Gasteiger partial charge >= 0.3 is 0 Å². The van der Waals surface area contributed by atoms with Gasteiger partial charge in [-0.25, -0.2) is 0 Å². The minimum atomic E-state index is 0.284. The zero-order valence-electron chi connectivity index (χ0n) is 13.3. The number of nitrogens with zero attached hydrogens (tertiary/aromatic N) is 1. The summed E-state index contributed by atoms with van der Waals surface area (Å²) in [5.41, 5.74) is 9.25. The quantitative estimate of drug-likeness (QED) is 0.886. The standard InChI is InChI=1S/C18H30N2/c1-4-11-20-12-5-6-17(19)18(20)16-9-7-15(8-10-16)13-14(2)3/h7-10,14,17-18H,4-6,11-13,19H2,1-3H3. The molecule has 0 radical (unpaired) electrons. The van der Waals surface area contributed by atoms with Crippen molar-refractivity contribution in [2.45, 2.75) is 58.5 Å². The van der Waals surface area contributed by atoms with Gasteiger partial charge < -0.3 is 5.73 Å². The number of piperidine rings is 1. The minimum absolute atomic E-state index is 0.284. The second kappa shape index (κ2) is 7.24. The maximum atomic E-state index is 6.41. The molecule has 0 saturated carbocycles. The molecule has 1 heterocycles. The zero-order chi connectivity index (χ0) is 14.5. The average molecular weight is 274 g/mol. The predicted molar refractivity (Wildman–Crippen MR) is 86.8 cm³/mol.